The molecule has 7 heteroatoms. The second kappa shape index (κ2) is 3.78. The Bertz CT molecular complexity index is 552. The Hall–Kier alpha value is -2.57. The van der Waals surface area contributed by atoms with E-state index >= 15 is 0 Å². The summed E-state index contributed by atoms with van der Waals surface area (Å²) >= 11 is 0. The number of nitrogens with zero attached hydrogens (tertiary/aromatic N) is 2. The van der Waals surface area contributed by atoms with Crippen molar-refractivity contribution in [1.82, 2.24) is 4.90 Å². The number of carbonyl (C=O) groups is 3. The Morgan fingerprint density at radius 3 is 2.59 bits per heavy atom. The molecule has 0 bridgehead atoms. The van der Waals surface area contributed by atoms with Crippen LogP contribution in [0.25, 0.3) is 0 Å². The smallest absolute Gasteiger partial charge is 0.282 e. The fourth-order valence-electron chi connectivity index (χ4n) is 1.71. The lowest BCUT2D eigenvalue weighted by Crippen LogP contribution is -2.31. The van der Waals surface area contributed by atoms with Crippen LogP contribution in [0.3, 0.4) is 0 Å². The molecule has 0 atom stereocenters. The molecule has 0 aliphatic carbocycles. The zero-order chi connectivity index (χ0) is 12.6. The molecule has 1 aromatic rings. The minimum atomic E-state index is -0.801. The van der Waals surface area contributed by atoms with Crippen molar-refractivity contribution in [3.8, 4) is 0 Å². The highest BCUT2D eigenvalue weighted by Crippen LogP contribution is 2.30. The maximum atomic E-state index is 11.8. The Kier molecular flexibility index (Phi) is 2.43. The lowest BCUT2D eigenvalue weighted by molar-refractivity contribution is -0.385. The molecule has 1 aliphatic rings. The molecule has 0 saturated carbocycles. The van der Waals surface area contributed by atoms with Crippen molar-refractivity contribution in [2.75, 3.05) is 6.54 Å². The first kappa shape index (κ1) is 10.9. The van der Waals surface area contributed by atoms with Gasteiger partial charge in [-0.05, 0) is 6.07 Å². The second-order valence-electron chi connectivity index (χ2n) is 3.34. The van der Waals surface area contributed by atoms with Gasteiger partial charge in [0.05, 0.1) is 17.0 Å². The third-order valence-corrected chi connectivity index (χ3v) is 2.43. The van der Waals surface area contributed by atoms with Crippen molar-refractivity contribution in [2.24, 2.45) is 0 Å². The summed E-state index contributed by atoms with van der Waals surface area (Å²) in [4.78, 5) is 44.5. The number of nitro groups is 1. The summed E-state index contributed by atoms with van der Waals surface area (Å²) in [5.74, 6) is -1.48. The molecule has 0 radical (unpaired) electrons. The highest BCUT2D eigenvalue weighted by atomic mass is 16.6. The predicted octanol–water partition coefficient (Wildman–Crippen LogP) is 0.390. The Labute approximate surface area is 94.8 Å². The van der Waals surface area contributed by atoms with E-state index in [2.05, 4.69) is 0 Å². The number of carbonyl (C=O) groups excluding carboxylic acids is 3. The van der Waals surface area contributed by atoms with Crippen LogP contribution in [0.5, 0.6) is 0 Å². The normalized spacial score (nSPS) is 13.8. The molecule has 0 aromatic heterocycles. The summed E-state index contributed by atoms with van der Waals surface area (Å²) in [6.07, 6.45) is 0.396. The Morgan fingerprint density at radius 1 is 1.29 bits per heavy atom. The van der Waals surface area contributed by atoms with E-state index in [9.17, 15) is 24.5 Å². The molecule has 2 amide bonds. The number of nitro benzene ring substituents is 1. The van der Waals surface area contributed by atoms with Crippen molar-refractivity contribution >= 4 is 23.8 Å². The van der Waals surface area contributed by atoms with E-state index < -0.39 is 29.0 Å². The number of imide groups is 1. The maximum Gasteiger partial charge on any atom is 0.282 e. The highest BCUT2D eigenvalue weighted by molar-refractivity contribution is 6.23. The number of benzene rings is 1. The first-order valence-corrected chi connectivity index (χ1v) is 4.65. The third kappa shape index (κ3) is 1.48. The van der Waals surface area contributed by atoms with Gasteiger partial charge >= 0.3 is 0 Å². The Balaban J connectivity index is 2.61. The average Bonchev–Trinajstić information content (AvgIpc) is 2.55. The molecule has 0 fully saturated rings. The van der Waals surface area contributed by atoms with Gasteiger partial charge in [0, 0.05) is 6.07 Å². The van der Waals surface area contributed by atoms with Gasteiger partial charge in [-0.1, -0.05) is 6.07 Å². The minimum absolute atomic E-state index is 0.0361. The molecular weight excluding hydrogens is 228 g/mol. The summed E-state index contributed by atoms with van der Waals surface area (Å²) < 4.78 is 0. The SMILES string of the molecule is O=CCN1C(=O)c2cccc([N+](=O)[O-])c2C1=O. The quantitative estimate of drug-likeness (QED) is 0.326. The topological polar surface area (TPSA) is 97.6 Å². The number of hydrogen-bond donors (Lipinski definition) is 0. The fraction of sp³-hybridized carbons (Fsp3) is 0.100. The van der Waals surface area contributed by atoms with Gasteiger partial charge in [-0.2, -0.15) is 0 Å². The van der Waals surface area contributed by atoms with E-state index in [4.69, 9.17) is 0 Å². The van der Waals surface area contributed by atoms with Crippen LogP contribution in [0.15, 0.2) is 18.2 Å². The average molecular weight is 234 g/mol. The molecule has 0 N–H and O–H groups in total. The first-order valence-electron chi connectivity index (χ1n) is 4.65. The van der Waals surface area contributed by atoms with Crippen molar-refractivity contribution < 1.29 is 19.3 Å². The number of rotatable bonds is 3. The molecule has 0 spiro atoms. The zero-order valence-electron chi connectivity index (χ0n) is 8.45. The van der Waals surface area contributed by atoms with Gasteiger partial charge in [-0.3, -0.25) is 24.6 Å². The number of aldehydes is 1. The van der Waals surface area contributed by atoms with Crippen LogP contribution in [0, 0.1) is 10.1 Å². The second-order valence-corrected chi connectivity index (χ2v) is 3.34. The van der Waals surface area contributed by atoms with Gasteiger partial charge in [0.25, 0.3) is 17.5 Å². The van der Waals surface area contributed by atoms with Crippen LogP contribution in [-0.2, 0) is 4.79 Å². The molecule has 0 saturated heterocycles. The molecule has 1 aliphatic heterocycles. The number of fused-ring (bicyclic) bond motifs is 1. The molecule has 1 heterocycles. The van der Waals surface area contributed by atoms with E-state index in [-0.39, 0.29) is 11.1 Å². The van der Waals surface area contributed by atoms with E-state index in [1.807, 2.05) is 0 Å². The minimum Gasteiger partial charge on any atom is -0.301 e. The van der Waals surface area contributed by atoms with Gasteiger partial charge in [0.2, 0.25) is 0 Å². The monoisotopic (exact) mass is 234 g/mol. The van der Waals surface area contributed by atoms with Crippen LogP contribution in [-0.4, -0.2) is 34.5 Å². The summed E-state index contributed by atoms with van der Waals surface area (Å²) in [7, 11) is 0. The maximum absolute atomic E-state index is 11.8. The van der Waals surface area contributed by atoms with Crippen LogP contribution >= 0.6 is 0 Å². The lowest BCUT2D eigenvalue weighted by Gasteiger charge is -2.07. The fourth-order valence-corrected chi connectivity index (χ4v) is 1.71. The molecule has 1 aromatic carbocycles. The van der Waals surface area contributed by atoms with Crippen molar-refractivity contribution in [2.45, 2.75) is 0 Å². The summed E-state index contributed by atoms with van der Waals surface area (Å²) in [5, 5.41) is 10.7. The molecule has 7 nitrogen and oxygen atoms in total. The first-order chi connectivity index (χ1) is 8.07. The molecule has 86 valence electrons. The van der Waals surface area contributed by atoms with Gasteiger partial charge in [0.15, 0.2) is 0 Å². The number of amides is 2. The molecule has 17 heavy (non-hydrogen) atoms. The summed E-state index contributed by atoms with van der Waals surface area (Å²) in [6, 6.07) is 3.80. The van der Waals surface area contributed by atoms with E-state index in [1.165, 1.54) is 12.1 Å². The van der Waals surface area contributed by atoms with Crippen molar-refractivity contribution in [3.05, 3.63) is 39.4 Å². The number of hydrogen-bond acceptors (Lipinski definition) is 5. The standard InChI is InChI=1S/C10H6N2O5/c13-5-4-11-9(14)6-2-1-3-7(12(16)17)8(6)10(11)15/h1-3,5H,4H2. The van der Waals surface area contributed by atoms with E-state index in [0.717, 1.165) is 6.07 Å². The van der Waals surface area contributed by atoms with E-state index in [0.29, 0.717) is 11.2 Å². The molecule has 0 unspecified atom stereocenters. The van der Waals surface area contributed by atoms with E-state index in [1.54, 1.807) is 0 Å². The van der Waals surface area contributed by atoms with Crippen LogP contribution in [0.2, 0.25) is 0 Å². The van der Waals surface area contributed by atoms with Gasteiger partial charge in [-0.25, -0.2) is 0 Å². The van der Waals surface area contributed by atoms with Crippen molar-refractivity contribution in [1.29, 1.82) is 0 Å². The lowest BCUT2D eigenvalue weighted by atomic mass is 10.1. The van der Waals surface area contributed by atoms with Gasteiger partial charge < -0.3 is 4.79 Å². The highest BCUT2D eigenvalue weighted by Gasteiger charge is 2.40. The zero-order valence-corrected chi connectivity index (χ0v) is 8.45. The summed E-state index contributed by atoms with van der Waals surface area (Å²) in [6.45, 7) is -0.399. The third-order valence-electron chi connectivity index (χ3n) is 2.43. The van der Waals surface area contributed by atoms with Gasteiger partial charge in [-0.15, -0.1) is 0 Å². The molecular formula is C10H6N2O5. The Morgan fingerprint density at radius 2 is 2.00 bits per heavy atom. The van der Waals surface area contributed by atoms with Crippen molar-refractivity contribution in [3.63, 3.8) is 0 Å². The van der Waals surface area contributed by atoms with Crippen LogP contribution in [0.1, 0.15) is 20.7 Å². The molecule has 2 rings (SSSR count). The largest absolute Gasteiger partial charge is 0.301 e. The van der Waals surface area contributed by atoms with Crippen LogP contribution < -0.4 is 0 Å². The van der Waals surface area contributed by atoms with Gasteiger partial charge in [0.1, 0.15) is 11.8 Å². The predicted molar refractivity (Wildman–Crippen MR) is 54.5 cm³/mol. The van der Waals surface area contributed by atoms with Crippen LogP contribution in [0.4, 0.5) is 5.69 Å². The summed E-state index contributed by atoms with van der Waals surface area (Å²) in [5.41, 5.74) is -0.704.